The Morgan fingerprint density at radius 1 is 1.47 bits per heavy atom. The number of aryl methyl sites for hydroxylation is 1. The van der Waals surface area contributed by atoms with Crippen molar-refractivity contribution in [1.29, 1.82) is 0 Å². The zero-order chi connectivity index (χ0) is 14.5. The van der Waals surface area contributed by atoms with E-state index in [9.17, 15) is 4.79 Å². The maximum Gasteiger partial charge on any atom is 0.233 e. The van der Waals surface area contributed by atoms with Crippen molar-refractivity contribution < 1.29 is 4.79 Å². The SMILES string of the molecule is CCc1cnc(CNC(=O)C(CC)(CC)C(N)=S)s1. The van der Waals surface area contributed by atoms with E-state index in [1.165, 1.54) is 4.88 Å². The average molecular weight is 299 g/mol. The number of nitrogens with one attached hydrogen (secondary N) is 1. The minimum absolute atomic E-state index is 0.0988. The lowest BCUT2D eigenvalue weighted by molar-refractivity contribution is -0.128. The van der Waals surface area contributed by atoms with Gasteiger partial charge in [0.2, 0.25) is 5.91 Å². The Balaban J connectivity index is 2.70. The van der Waals surface area contributed by atoms with Crippen molar-refractivity contribution in [3.63, 3.8) is 0 Å². The normalized spacial score (nSPS) is 11.3. The second kappa shape index (κ2) is 6.96. The van der Waals surface area contributed by atoms with E-state index in [2.05, 4.69) is 17.2 Å². The van der Waals surface area contributed by atoms with Crippen molar-refractivity contribution in [2.45, 2.75) is 46.6 Å². The number of carbonyl (C=O) groups is 1. The Bertz CT molecular complexity index is 452. The number of carbonyl (C=O) groups excluding carboxylic acids is 1. The van der Waals surface area contributed by atoms with Crippen LogP contribution in [0.3, 0.4) is 0 Å². The highest BCUT2D eigenvalue weighted by atomic mass is 32.1. The molecule has 1 aromatic heterocycles. The minimum atomic E-state index is -0.736. The zero-order valence-corrected chi connectivity index (χ0v) is 13.3. The first-order valence-electron chi connectivity index (χ1n) is 6.51. The van der Waals surface area contributed by atoms with Gasteiger partial charge in [0.25, 0.3) is 0 Å². The smallest absolute Gasteiger partial charge is 0.233 e. The molecule has 6 heteroatoms. The number of nitrogens with two attached hydrogens (primary N) is 1. The molecule has 1 rings (SSSR count). The van der Waals surface area contributed by atoms with Gasteiger partial charge < -0.3 is 11.1 Å². The summed E-state index contributed by atoms with van der Waals surface area (Å²) >= 11 is 6.68. The van der Waals surface area contributed by atoms with E-state index in [1.54, 1.807) is 11.3 Å². The molecule has 4 nitrogen and oxygen atoms in total. The molecule has 1 aromatic rings. The number of rotatable bonds is 7. The maximum absolute atomic E-state index is 12.3. The van der Waals surface area contributed by atoms with Crippen molar-refractivity contribution in [2.75, 3.05) is 0 Å². The summed E-state index contributed by atoms with van der Waals surface area (Å²) in [5.41, 5.74) is 5.01. The molecule has 0 aromatic carbocycles. The van der Waals surface area contributed by atoms with E-state index in [0.717, 1.165) is 11.4 Å². The summed E-state index contributed by atoms with van der Waals surface area (Å²) in [6, 6.07) is 0. The second-order valence-corrected chi connectivity index (χ2v) is 6.05. The van der Waals surface area contributed by atoms with Crippen molar-refractivity contribution in [3.8, 4) is 0 Å². The molecule has 0 radical (unpaired) electrons. The largest absolute Gasteiger partial charge is 0.392 e. The predicted molar refractivity (Wildman–Crippen MR) is 83.1 cm³/mol. The molecule has 3 N–H and O–H groups in total. The highest BCUT2D eigenvalue weighted by molar-refractivity contribution is 7.80. The number of hydrogen-bond donors (Lipinski definition) is 2. The third kappa shape index (κ3) is 3.51. The van der Waals surface area contributed by atoms with Gasteiger partial charge in [-0.25, -0.2) is 4.98 Å². The first-order chi connectivity index (χ1) is 9.00. The summed E-state index contributed by atoms with van der Waals surface area (Å²) in [5.74, 6) is -0.0988. The number of thiazole rings is 1. The van der Waals surface area contributed by atoms with E-state index in [0.29, 0.717) is 19.4 Å². The molecule has 0 unspecified atom stereocenters. The van der Waals surface area contributed by atoms with Gasteiger partial charge in [0, 0.05) is 11.1 Å². The highest BCUT2D eigenvalue weighted by Crippen LogP contribution is 2.27. The van der Waals surface area contributed by atoms with Gasteiger partial charge in [-0.1, -0.05) is 33.0 Å². The Kier molecular flexibility index (Phi) is 5.87. The number of aromatic nitrogens is 1. The fourth-order valence-electron chi connectivity index (χ4n) is 1.95. The van der Waals surface area contributed by atoms with E-state index >= 15 is 0 Å². The van der Waals surface area contributed by atoms with Gasteiger partial charge in [-0.2, -0.15) is 0 Å². The summed E-state index contributed by atoms with van der Waals surface area (Å²) in [4.78, 5) is 18.1. The van der Waals surface area contributed by atoms with Crippen LogP contribution in [0.2, 0.25) is 0 Å². The van der Waals surface area contributed by atoms with Crippen LogP contribution < -0.4 is 11.1 Å². The van der Waals surface area contributed by atoms with Crippen LogP contribution in [0.25, 0.3) is 0 Å². The molecule has 0 saturated carbocycles. The lowest BCUT2D eigenvalue weighted by atomic mass is 9.81. The molecule has 0 bridgehead atoms. The summed E-state index contributed by atoms with van der Waals surface area (Å²) in [6.45, 7) is 6.39. The molecular weight excluding hydrogens is 278 g/mol. The number of amides is 1. The third-order valence-corrected chi connectivity index (χ3v) is 5.00. The van der Waals surface area contributed by atoms with Gasteiger partial charge in [0.05, 0.1) is 16.9 Å². The molecular formula is C13H21N3OS2. The van der Waals surface area contributed by atoms with Crippen molar-refractivity contribution in [3.05, 3.63) is 16.1 Å². The average Bonchev–Trinajstić information content (AvgIpc) is 2.86. The Hall–Kier alpha value is -1.01. The quantitative estimate of drug-likeness (QED) is 0.759. The second-order valence-electron chi connectivity index (χ2n) is 4.41. The summed E-state index contributed by atoms with van der Waals surface area (Å²) < 4.78 is 0. The molecule has 106 valence electrons. The van der Waals surface area contributed by atoms with Crippen LogP contribution in [0.15, 0.2) is 6.20 Å². The van der Waals surface area contributed by atoms with Crippen LogP contribution >= 0.6 is 23.6 Å². The lowest BCUT2D eigenvalue weighted by Crippen LogP contribution is -2.48. The van der Waals surface area contributed by atoms with Gasteiger partial charge in [-0.05, 0) is 19.3 Å². The molecule has 0 aliphatic rings. The van der Waals surface area contributed by atoms with Crippen LogP contribution in [0.1, 0.15) is 43.5 Å². The van der Waals surface area contributed by atoms with Crippen molar-refractivity contribution >= 4 is 34.5 Å². The van der Waals surface area contributed by atoms with Gasteiger partial charge in [0.15, 0.2) is 0 Å². The third-order valence-electron chi connectivity index (χ3n) is 3.46. The van der Waals surface area contributed by atoms with E-state index in [1.807, 2.05) is 20.0 Å². The number of thiocarbonyl (C=S) groups is 1. The standard InChI is InChI=1S/C13H21N3OS2/c1-4-9-7-15-10(19-9)8-16-12(17)13(5-2,6-3)11(14)18/h7H,4-6,8H2,1-3H3,(H2,14,18)(H,16,17). The molecule has 0 saturated heterocycles. The molecule has 0 aliphatic carbocycles. The van der Waals surface area contributed by atoms with Gasteiger partial charge in [-0.15, -0.1) is 11.3 Å². The summed E-state index contributed by atoms with van der Waals surface area (Å²) in [5, 5.41) is 3.81. The topological polar surface area (TPSA) is 68.0 Å². The fourth-order valence-corrected chi connectivity index (χ4v) is 3.13. The minimum Gasteiger partial charge on any atom is -0.392 e. The first kappa shape index (κ1) is 16.0. The molecule has 0 fully saturated rings. The molecule has 0 aliphatic heterocycles. The first-order valence-corrected chi connectivity index (χ1v) is 7.74. The molecule has 0 spiro atoms. The monoisotopic (exact) mass is 299 g/mol. The molecule has 0 atom stereocenters. The van der Waals surface area contributed by atoms with Crippen LogP contribution in [0.4, 0.5) is 0 Å². The Morgan fingerprint density at radius 2 is 2.11 bits per heavy atom. The predicted octanol–water partition coefficient (Wildman–Crippen LogP) is 2.41. The number of hydrogen-bond acceptors (Lipinski definition) is 4. The highest BCUT2D eigenvalue weighted by Gasteiger charge is 2.37. The maximum atomic E-state index is 12.3. The molecule has 1 heterocycles. The Labute approximate surface area is 123 Å². The summed E-state index contributed by atoms with van der Waals surface area (Å²) in [6.07, 6.45) is 4.05. The van der Waals surface area contributed by atoms with E-state index in [-0.39, 0.29) is 10.9 Å². The van der Waals surface area contributed by atoms with Gasteiger partial charge in [0.1, 0.15) is 5.01 Å². The van der Waals surface area contributed by atoms with E-state index < -0.39 is 5.41 Å². The van der Waals surface area contributed by atoms with Crippen LogP contribution in [-0.2, 0) is 17.8 Å². The Morgan fingerprint density at radius 3 is 2.53 bits per heavy atom. The fraction of sp³-hybridized carbons (Fsp3) is 0.615. The lowest BCUT2D eigenvalue weighted by Gasteiger charge is -2.28. The van der Waals surface area contributed by atoms with E-state index in [4.69, 9.17) is 18.0 Å². The van der Waals surface area contributed by atoms with Crippen molar-refractivity contribution in [1.82, 2.24) is 10.3 Å². The van der Waals surface area contributed by atoms with Crippen LogP contribution in [-0.4, -0.2) is 15.9 Å². The zero-order valence-electron chi connectivity index (χ0n) is 11.7. The van der Waals surface area contributed by atoms with Crippen LogP contribution in [0, 0.1) is 5.41 Å². The molecule has 19 heavy (non-hydrogen) atoms. The number of nitrogens with zero attached hydrogens (tertiary/aromatic N) is 1. The van der Waals surface area contributed by atoms with Crippen LogP contribution in [0.5, 0.6) is 0 Å². The molecule has 1 amide bonds. The van der Waals surface area contributed by atoms with Crippen molar-refractivity contribution in [2.24, 2.45) is 11.1 Å². The van der Waals surface area contributed by atoms with Gasteiger partial charge >= 0.3 is 0 Å². The summed E-state index contributed by atoms with van der Waals surface area (Å²) in [7, 11) is 0. The van der Waals surface area contributed by atoms with Gasteiger partial charge in [-0.3, -0.25) is 4.79 Å².